The molecule has 0 saturated carbocycles. The van der Waals surface area contributed by atoms with Gasteiger partial charge in [-0.05, 0) is 6.42 Å². The largest absolute Gasteiger partial charge is 0.424 e. The van der Waals surface area contributed by atoms with Crippen LogP contribution in [0.4, 0.5) is 13.2 Å². The molecule has 0 saturated heterocycles. The normalized spacial score (nSPS) is 16.7. The molecule has 0 aliphatic heterocycles. The van der Waals surface area contributed by atoms with Gasteiger partial charge in [-0.25, -0.2) is 0 Å². The SMILES string of the molecule is O=C[B]NC1=C(C(F)(F)F)CC=C1Cl. The summed E-state index contributed by atoms with van der Waals surface area (Å²) in [5, 5.41) is 2.19. The fourth-order valence-electron chi connectivity index (χ4n) is 1.07. The van der Waals surface area contributed by atoms with Crippen molar-refractivity contribution in [1.29, 1.82) is 0 Å². The summed E-state index contributed by atoms with van der Waals surface area (Å²) in [5.41, 5.74) is -1.01. The molecule has 2 nitrogen and oxygen atoms in total. The van der Waals surface area contributed by atoms with Crippen molar-refractivity contribution < 1.29 is 18.0 Å². The van der Waals surface area contributed by atoms with Gasteiger partial charge in [0.1, 0.15) is 6.19 Å². The molecule has 1 N–H and O–H groups in total. The predicted octanol–water partition coefficient (Wildman–Crippen LogP) is 1.73. The molecule has 0 spiro atoms. The molecule has 1 aliphatic carbocycles. The summed E-state index contributed by atoms with van der Waals surface area (Å²) < 4.78 is 37.0. The average molecular weight is 222 g/mol. The molecule has 0 unspecified atom stereocenters. The van der Waals surface area contributed by atoms with Gasteiger partial charge in [0.25, 0.3) is 0 Å². The number of carbonyl (C=O) groups is 1. The third-order valence-corrected chi connectivity index (χ3v) is 2.01. The van der Waals surface area contributed by atoms with E-state index in [1.165, 1.54) is 6.08 Å². The highest BCUT2D eigenvalue weighted by Gasteiger charge is 2.38. The second-order valence-electron chi connectivity index (χ2n) is 2.55. The smallest absolute Gasteiger partial charge is 0.414 e. The first-order valence-corrected chi connectivity index (χ1v) is 4.04. The van der Waals surface area contributed by atoms with Crippen molar-refractivity contribution >= 4 is 25.2 Å². The maximum absolute atomic E-state index is 12.3. The van der Waals surface area contributed by atoms with Crippen LogP contribution in [0, 0.1) is 0 Å². The Balaban J connectivity index is 2.89. The zero-order chi connectivity index (χ0) is 10.8. The van der Waals surface area contributed by atoms with E-state index in [4.69, 9.17) is 11.6 Å². The Labute approximate surface area is 84.1 Å². The van der Waals surface area contributed by atoms with Gasteiger partial charge in [0.15, 0.2) is 0 Å². The number of carbonyl (C=O) groups excluding carboxylic acids is 1. The highest BCUT2D eigenvalue weighted by Crippen LogP contribution is 2.37. The van der Waals surface area contributed by atoms with Gasteiger partial charge >= 0.3 is 13.6 Å². The van der Waals surface area contributed by atoms with Crippen LogP contribution in [0.1, 0.15) is 6.42 Å². The Kier molecular flexibility index (Phi) is 3.26. The molecule has 75 valence electrons. The van der Waals surface area contributed by atoms with E-state index in [0.29, 0.717) is 6.19 Å². The van der Waals surface area contributed by atoms with Crippen molar-refractivity contribution in [2.24, 2.45) is 0 Å². The third-order valence-electron chi connectivity index (χ3n) is 1.66. The van der Waals surface area contributed by atoms with Gasteiger partial charge in [-0.15, -0.1) is 0 Å². The molecule has 14 heavy (non-hydrogen) atoms. The van der Waals surface area contributed by atoms with Gasteiger partial charge < -0.3 is 10.0 Å². The molecule has 0 fully saturated rings. The molecule has 7 heteroatoms. The Morgan fingerprint density at radius 3 is 2.71 bits per heavy atom. The number of rotatable bonds is 3. The Morgan fingerprint density at radius 1 is 1.57 bits per heavy atom. The van der Waals surface area contributed by atoms with Crippen molar-refractivity contribution in [1.82, 2.24) is 5.23 Å². The monoisotopic (exact) mass is 222 g/mol. The van der Waals surface area contributed by atoms with Crippen LogP contribution in [-0.4, -0.2) is 19.8 Å². The number of nitrogens with one attached hydrogen (secondary N) is 1. The van der Waals surface area contributed by atoms with E-state index in [9.17, 15) is 18.0 Å². The van der Waals surface area contributed by atoms with E-state index in [-0.39, 0.29) is 17.2 Å². The van der Waals surface area contributed by atoms with Crippen molar-refractivity contribution in [2.45, 2.75) is 12.6 Å². The molecule has 0 bridgehead atoms. The predicted molar refractivity (Wildman–Crippen MR) is 47.3 cm³/mol. The zero-order valence-corrected chi connectivity index (χ0v) is 7.62. The topological polar surface area (TPSA) is 29.1 Å². The maximum atomic E-state index is 12.3. The van der Waals surface area contributed by atoms with Crippen molar-refractivity contribution in [3.63, 3.8) is 0 Å². The fourth-order valence-corrected chi connectivity index (χ4v) is 1.32. The van der Waals surface area contributed by atoms with Crippen LogP contribution in [0.15, 0.2) is 22.4 Å². The van der Waals surface area contributed by atoms with Gasteiger partial charge in [0, 0.05) is 5.70 Å². The Hall–Kier alpha value is -0.905. The first kappa shape index (κ1) is 11.2. The minimum Gasteiger partial charge on any atom is -0.424 e. The summed E-state index contributed by atoms with van der Waals surface area (Å²) in [4.78, 5) is 9.94. The van der Waals surface area contributed by atoms with Crippen LogP contribution in [0.25, 0.3) is 0 Å². The molecule has 1 aliphatic rings. The van der Waals surface area contributed by atoms with Crippen molar-refractivity contribution in [3.8, 4) is 0 Å². The highest BCUT2D eigenvalue weighted by molar-refractivity contribution is 6.65. The van der Waals surface area contributed by atoms with Crippen LogP contribution in [0.2, 0.25) is 0 Å². The minimum absolute atomic E-state index is 0.0181. The molecule has 0 amide bonds. The van der Waals surface area contributed by atoms with Gasteiger partial charge in [0.05, 0.1) is 10.6 Å². The lowest BCUT2D eigenvalue weighted by Gasteiger charge is -2.12. The first-order chi connectivity index (χ1) is 6.46. The Bertz CT molecular complexity index is 311. The quantitative estimate of drug-likeness (QED) is 0.582. The summed E-state index contributed by atoms with van der Waals surface area (Å²) >= 11 is 5.52. The molecule has 0 atom stereocenters. The van der Waals surface area contributed by atoms with Crippen LogP contribution in [0.5, 0.6) is 0 Å². The van der Waals surface area contributed by atoms with Crippen LogP contribution in [0.3, 0.4) is 0 Å². The molecular weight excluding hydrogens is 217 g/mol. The summed E-state index contributed by atoms with van der Waals surface area (Å²) in [6, 6.07) is 0. The van der Waals surface area contributed by atoms with Crippen LogP contribution >= 0.6 is 11.6 Å². The number of halogens is 4. The van der Waals surface area contributed by atoms with Gasteiger partial charge in [-0.1, -0.05) is 17.7 Å². The summed E-state index contributed by atoms with van der Waals surface area (Å²) in [7, 11) is 0.864. The summed E-state index contributed by atoms with van der Waals surface area (Å²) in [6.07, 6.45) is -3.10. The standard InChI is InChI=1S/C7H5BClF3NO/c9-5-2-1-4(7(10,11)12)6(5)13-8-3-14/h2-3,13H,1H2. The molecule has 0 heterocycles. The molecular formula is C7H5BClF3NO. The second-order valence-corrected chi connectivity index (χ2v) is 2.96. The minimum atomic E-state index is -4.42. The maximum Gasteiger partial charge on any atom is 0.414 e. The lowest BCUT2D eigenvalue weighted by molar-refractivity contribution is -0.0933. The van der Waals surface area contributed by atoms with E-state index in [2.05, 4.69) is 5.23 Å². The van der Waals surface area contributed by atoms with E-state index < -0.39 is 11.7 Å². The number of allylic oxidation sites excluding steroid dienone is 3. The molecule has 0 aromatic rings. The average Bonchev–Trinajstić information content (AvgIpc) is 2.42. The lowest BCUT2D eigenvalue weighted by Crippen LogP contribution is -2.24. The van der Waals surface area contributed by atoms with E-state index >= 15 is 0 Å². The van der Waals surface area contributed by atoms with Gasteiger partial charge in [-0.2, -0.15) is 13.2 Å². The van der Waals surface area contributed by atoms with Crippen molar-refractivity contribution in [3.05, 3.63) is 22.4 Å². The van der Waals surface area contributed by atoms with E-state index in [1.807, 2.05) is 0 Å². The molecule has 1 rings (SSSR count). The number of hydrogen-bond acceptors (Lipinski definition) is 2. The third kappa shape index (κ3) is 2.32. The first-order valence-electron chi connectivity index (χ1n) is 3.66. The van der Waals surface area contributed by atoms with Gasteiger partial charge in [-0.3, -0.25) is 0 Å². The number of alkyl halides is 3. The summed E-state index contributed by atoms with van der Waals surface area (Å²) in [5.74, 6) is 0. The van der Waals surface area contributed by atoms with Crippen LogP contribution in [-0.2, 0) is 4.79 Å². The van der Waals surface area contributed by atoms with E-state index in [1.54, 1.807) is 0 Å². The second kappa shape index (κ2) is 4.08. The molecule has 0 aromatic heterocycles. The van der Waals surface area contributed by atoms with Crippen LogP contribution < -0.4 is 5.23 Å². The number of hydrogen-bond donors (Lipinski definition) is 1. The van der Waals surface area contributed by atoms with Gasteiger partial charge in [0.2, 0.25) is 0 Å². The zero-order valence-electron chi connectivity index (χ0n) is 6.86. The Morgan fingerprint density at radius 2 is 2.21 bits per heavy atom. The molecule has 1 radical (unpaired) electrons. The van der Waals surface area contributed by atoms with Crippen molar-refractivity contribution in [2.75, 3.05) is 0 Å². The highest BCUT2D eigenvalue weighted by atomic mass is 35.5. The molecule has 0 aromatic carbocycles. The fraction of sp³-hybridized carbons (Fsp3) is 0.286. The summed E-state index contributed by atoms with van der Waals surface area (Å²) in [6.45, 7) is 0. The lowest BCUT2D eigenvalue weighted by atomic mass is 9.97. The van der Waals surface area contributed by atoms with E-state index in [0.717, 1.165) is 7.41 Å².